The first-order valence-electron chi connectivity index (χ1n) is 2.86. The van der Waals surface area contributed by atoms with E-state index in [0.717, 1.165) is 5.56 Å². The summed E-state index contributed by atoms with van der Waals surface area (Å²) in [4.78, 5) is 7.68. The average molecular weight is 231 g/mol. The highest BCUT2D eigenvalue weighted by molar-refractivity contribution is 8.93. The fourth-order valence-electron chi connectivity index (χ4n) is 0.615. The number of halogens is 1. The van der Waals surface area contributed by atoms with Crippen LogP contribution in [-0.4, -0.2) is 10.1 Å². The number of aliphatic imine (C=N–C) groups is 1. The summed E-state index contributed by atoms with van der Waals surface area (Å²) in [6.45, 7) is 0.581. The van der Waals surface area contributed by atoms with Gasteiger partial charge >= 0.3 is 0 Å². The van der Waals surface area contributed by atoms with Gasteiger partial charge in [0.25, 0.3) is 0 Å². The Morgan fingerprint density at radius 1 is 1.64 bits per heavy atom. The SMILES string of the molecule is Br.S=C=NCc1cccnc1. The van der Waals surface area contributed by atoms with Crippen LogP contribution < -0.4 is 0 Å². The molecule has 0 spiro atoms. The van der Waals surface area contributed by atoms with Crippen LogP contribution in [0.15, 0.2) is 29.5 Å². The fraction of sp³-hybridized carbons (Fsp3) is 0.143. The number of nitrogens with zero attached hydrogens (tertiary/aromatic N) is 2. The van der Waals surface area contributed by atoms with Gasteiger partial charge in [0.05, 0.1) is 11.7 Å². The molecule has 58 valence electrons. The molecule has 0 amide bonds. The zero-order chi connectivity index (χ0) is 7.23. The molecule has 0 saturated heterocycles. The van der Waals surface area contributed by atoms with E-state index in [1.807, 2.05) is 12.1 Å². The fourth-order valence-corrected chi connectivity index (χ4v) is 0.680. The minimum absolute atomic E-state index is 0. The monoisotopic (exact) mass is 230 g/mol. The van der Waals surface area contributed by atoms with Crippen molar-refractivity contribution < 1.29 is 0 Å². The molecule has 0 radical (unpaired) electrons. The maximum Gasteiger partial charge on any atom is 0.0758 e. The Kier molecular flexibility index (Phi) is 5.84. The summed E-state index contributed by atoms with van der Waals surface area (Å²) >= 11 is 4.41. The molecule has 0 aliphatic heterocycles. The van der Waals surface area contributed by atoms with Gasteiger partial charge in [0.15, 0.2) is 0 Å². The molecule has 0 unspecified atom stereocenters. The van der Waals surface area contributed by atoms with Crippen molar-refractivity contribution in [3.8, 4) is 0 Å². The van der Waals surface area contributed by atoms with E-state index in [0.29, 0.717) is 6.54 Å². The minimum Gasteiger partial charge on any atom is -0.264 e. The first-order chi connectivity index (χ1) is 4.93. The summed E-state index contributed by atoms with van der Waals surface area (Å²) in [5.74, 6) is 0. The molecule has 2 nitrogen and oxygen atoms in total. The Hall–Kier alpha value is -0.570. The summed E-state index contributed by atoms with van der Waals surface area (Å²) in [7, 11) is 0. The molecule has 0 saturated carbocycles. The van der Waals surface area contributed by atoms with Gasteiger partial charge in [-0.25, -0.2) is 4.99 Å². The number of rotatable bonds is 2. The van der Waals surface area contributed by atoms with Gasteiger partial charge in [-0.3, -0.25) is 4.98 Å². The van der Waals surface area contributed by atoms with Crippen LogP contribution in [0, 0.1) is 0 Å². The first-order valence-corrected chi connectivity index (χ1v) is 3.27. The predicted octanol–water partition coefficient (Wildman–Crippen LogP) is 2.26. The predicted molar refractivity (Wildman–Crippen MR) is 53.3 cm³/mol. The molecular weight excluding hydrogens is 224 g/mol. The number of hydrogen-bond acceptors (Lipinski definition) is 3. The summed E-state index contributed by atoms with van der Waals surface area (Å²) in [6, 6.07) is 3.82. The second-order valence-corrected chi connectivity index (χ2v) is 1.95. The van der Waals surface area contributed by atoms with Crippen molar-refractivity contribution >= 4 is 34.4 Å². The maximum absolute atomic E-state index is 4.41. The number of pyridine rings is 1. The van der Waals surface area contributed by atoms with E-state index in [1.54, 1.807) is 12.4 Å². The summed E-state index contributed by atoms with van der Waals surface area (Å²) in [6.07, 6.45) is 3.49. The van der Waals surface area contributed by atoms with Crippen molar-refractivity contribution in [2.24, 2.45) is 4.99 Å². The second-order valence-electron chi connectivity index (χ2n) is 1.77. The van der Waals surface area contributed by atoms with Crippen LogP contribution in [0.1, 0.15) is 5.56 Å². The van der Waals surface area contributed by atoms with Crippen LogP contribution in [0.3, 0.4) is 0 Å². The van der Waals surface area contributed by atoms with Gasteiger partial charge in [-0.1, -0.05) is 6.07 Å². The van der Waals surface area contributed by atoms with E-state index < -0.39 is 0 Å². The molecule has 1 aromatic heterocycles. The zero-order valence-electron chi connectivity index (χ0n) is 5.73. The molecule has 1 rings (SSSR count). The first kappa shape index (κ1) is 10.4. The van der Waals surface area contributed by atoms with E-state index >= 15 is 0 Å². The Labute approximate surface area is 81.1 Å². The third-order valence-electron chi connectivity index (χ3n) is 1.05. The Morgan fingerprint density at radius 3 is 3.00 bits per heavy atom. The van der Waals surface area contributed by atoms with Crippen molar-refractivity contribution in [3.63, 3.8) is 0 Å². The number of isothiocyanates is 1. The lowest BCUT2D eigenvalue weighted by molar-refractivity contribution is 1.06. The van der Waals surface area contributed by atoms with E-state index in [4.69, 9.17) is 0 Å². The normalized spacial score (nSPS) is 7.64. The number of thiocarbonyl (C=S) groups is 1. The molecule has 1 heterocycles. The number of hydrogen-bond donors (Lipinski definition) is 0. The Morgan fingerprint density at radius 2 is 2.45 bits per heavy atom. The lowest BCUT2D eigenvalue weighted by atomic mass is 10.3. The largest absolute Gasteiger partial charge is 0.264 e. The molecule has 11 heavy (non-hydrogen) atoms. The van der Waals surface area contributed by atoms with Crippen LogP contribution in [0.2, 0.25) is 0 Å². The highest BCUT2D eigenvalue weighted by Crippen LogP contribution is 1.95. The van der Waals surface area contributed by atoms with Crippen LogP contribution in [0.5, 0.6) is 0 Å². The van der Waals surface area contributed by atoms with E-state index in [1.165, 1.54) is 0 Å². The van der Waals surface area contributed by atoms with Crippen LogP contribution in [0.25, 0.3) is 0 Å². The molecule has 0 N–H and O–H groups in total. The zero-order valence-corrected chi connectivity index (χ0v) is 8.26. The highest BCUT2D eigenvalue weighted by atomic mass is 79.9. The number of aromatic nitrogens is 1. The molecule has 0 aromatic carbocycles. The lowest BCUT2D eigenvalue weighted by Gasteiger charge is -1.89. The van der Waals surface area contributed by atoms with Crippen molar-refractivity contribution in [1.29, 1.82) is 0 Å². The van der Waals surface area contributed by atoms with Crippen LogP contribution in [0.4, 0.5) is 0 Å². The van der Waals surface area contributed by atoms with Gasteiger partial charge in [0, 0.05) is 12.4 Å². The molecule has 1 aromatic rings. The van der Waals surface area contributed by atoms with Gasteiger partial charge in [0.2, 0.25) is 0 Å². The van der Waals surface area contributed by atoms with Gasteiger partial charge in [-0.05, 0) is 23.8 Å². The third-order valence-corrected chi connectivity index (χ3v) is 1.18. The third kappa shape index (κ3) is 3.98. The van der Waals surface area contributed by atoms with Crippen molar-refractivity contribution in [3.05, 3.63) is 30.1 Å². The maximum atomic E-state index is 4.41. The molecule has 4 heteroatoms. The van der Waals surface area contributed by atoms with Crippen LogP contribution in [-0.2, 0) is 6.54 Å². The van der Waals surface area contributed by atoms with E-state index in [2.05, 4.69) is 27.4 Å². The Balaban J connectivity index is 0.000001000. The summed E-state index contributed by atoms with van der Waals surface area (Å²) < 4.78 is 0. The molecule has 0 aliphatic rings. The summed E-state index contributed by atoms with van der Waals surface area (Å²) in [5.41, 5.74) is 1.06. The van der Waals surface area contributed by atoms with Gasteiger partial charge in [0.1, 0.15) is 0 Å². The Bertz CT molecular complexity index is 244. The lowest BCUT2D eigenvalue weighted by Crippen LogP contribution is -1.80. The van der Waals surface area contributed by atoms with E-state index in [-0.39, 0.29) is 17.0 Å². The summed E-state index contributed by atoms with van der Waals surface area (Å²) in [5, 5.41) is 2.30. The molecular formula is C7H7BrN2S. The molecule has 0 aliphatic carbocycles. The minimum atomic E-state index is 0. The highest BCUT2D eigenvalue weighted by Gasteiger charge is 1.85. The topological polar surface area (TPSA) is 25.2 Å². The quantitative estimate of drug-likeness (QED) is 0.576. The molecule has 0 bridgehead atoms. The van der Waals surface area contributed by atoms with Gasteiger partial charge in [-0.2, -0.15) is 0 Å². The smallest absolute Gasteiger partial charge is 0.0758 e. The van der Waals surface area contributed by atoms with E-state index in [9.17, 15) is 0 Å². The van der Waals surface area contributed by atoms with Crippen molar-refractivity contribution in [2.45, 2.75) is 6.54 Å². The van der Waals surface area contributed by atoms with Crippen molar-refractivity contribution in [2.75, 3.05) is 0 Å². The molecule has 0 fully saturated rings. The van der Waals surface area contributed by atoms with Crippen LogP contribution >= 0.6 is 29.2 Å². The van der Waals surface area contributed by atoms with Gasteiger partial charge < -0.3 is 0 Å². The standard InChI is InChI=1S/C7H6N2S.BrH/c10-6-9-5-7-2-1-3-8-4-7;/h1-4H,5H2;1H. The van der Waals surface area contributed by atoms with Crippen molar-refractivity contribution in [1.82, 2.24) is 4.98 Å². The second kappa shape index (κ2) is 6.16. The molecule has 0 atom stereocenters. The van der Waals surface area contributed by atoms with Gasteiger partial charge in [-0.15, -0.1) is 17.0 Å². The average Bonchev–Trinajstić information content (AvgIpc) is 2.03.